The number of anilines is 1. The summed E-state index contributed by atoms with van der Waals surface area (Å²) < 4.78 is 11.9. The number of rotatable bonds is 8. The Morgan fingerprint density at radius 3 is 3.00 bits per heavy atom. The van der Waals surface area contributed by atoms with Crippen molar-refractivity contribution in [3.63, 3.8) is 0 Å². The second kappa shape index (κ2) is 9.49. The zero-order chi connectivity index (χ0) is 20.1. The molecule has 0 fully saturated rings. The minimum Gasteiger partial charge on any atom is -0.497 e. The molecule has 0 saturated heterocycles. The minimum atomic E-state index is -0.172. The van der Waals surface area contributed by atoms with Gasteiger partial charge in [0.15, 0.2) is 5.16 Å². The predicted molar refractivity (Wildman–Crippen MR) is 112 cm³/mol. The lowest BCUT2D eigenvalue weighted by Crippen LogP contribution is -2.27. The highest BCUT2D eigenvalue weighted by Crippen LogP contribution is 2.34. The van der Waals surface area contributed by atoms with Crippen molar-refractivity contribution in [1.82, 2.24) is 9.55 Å². The Morgan fingerprint density at radius 2 is 2.25 bits per heavy atom. The molecule has 7 nitrogen and oxygen atoms in total. The van der Waals surface area contributed by atoms with E-state index in [-0.39, 0.29) is 17.2 Å². The van der Waals surface area contributed by atoms with Crippen LogP contribution in [0, 0.1) is 0 Å². The predicted octanol–water partition coefficient (Wildman–Crippen LogP) is 2.67. The van der Waals surface area contributed by atoms with Crippen LogP contribution in [0.1, 0.15) is 12.6 Å². The number of ether oxygens (including phenoxy) is 2. The number of methoxy groups -OCH3 is 2. The van der Waals surface area contributed by atoms with E-state index in [0.29, 0.717) is 39.9 Å². The van der Waals surface area contributed by atoms with E-state index in [1.165, 1.54) is 11.8 Å². The van der Waals surface area contributed by atoms with Crippen molar-refractivity contribution >= 4 is 35.1 Å². The molecule has 0 spiro atoms. The molecule has 0 radical (unpaired) electrons. The Bertz CT molecular complexity index is 917. The highest BCUT2D eigenvalue weighted by molar-refractivity contribution is 8.00. The fraction of sp³-hybridized carbons (Fsp3) is 0.421. The lowest BCUT2D eigenvalue weighted by molar-refractivity contribution is -0.113. The molecule has 0 saturated carbocycles. The summed E-state index contributed by atoms with van der Waals surface area (Å²) >= 11 is 2.83. The first kappa shape index (κ1) is 20.8. The molecule has 2 aromatic rings. The number of amides is 1. The second-order valence-corrected chi connectivity index (χ2v) is 8.71. The van der Waals surface area contributed by atoms with E-state index < -0.39 is 0 Å². The number of benzene rings is 1. The van der Waals surface area contributed by atoms with Gasteiger partial charge in [-0.2, -0.15) is 0 Å². The van der Waals surface area contributed by atoms with Crippen molar-refractivity contribution in [2.24, 2.45) is 0 Å². The number of thioether (sulfide) groups is 2. The van der Waals surface area contributed by atoms with E-state index in [1.54, 1.807) is 42.7 Å². The maximum absolute atomic E-state index is 12.9. The van der Waals surface area contributed by atoms with E-state index in [0.717, 1.165) is 12.1 Å². The number of nitrogens with zero attached hydrogens (tertiary/aromatic N) is 2. The van der Waals surface area contributed by atoms with Crippen molar-refractivity contribution in [3.05, 3.63) is 40.3 Å². The van der Waals surface area contributed by atoms with Gasteiger partial charge < -0.3 is 14.8 Å². The van der Waals surface area contributed by atoms with E-state index in [4.69, 9.17) is 9.47 Å². The van der Waals surface area contributed by atoms with Crippen molar-refractivity contribution in [2.75, 3.05) is 31.9 Å². The van der Waals surface area contributed by atoms with Crippen LogP contribution in [0.3, 0.4) is 0 Å². The van der Waals surface area contributed by atoms with Crippen LogP contribution in [0.5, 0.6) is 5.75 Å². The van der Waals surface area contributed by atoms with Crippen LogP contribution in [0.4, 0.5) is 5.69 Å². The van der Waals surface area contributed by atoms with Crippen LogP contribution >= 0.6 is 23.5 Å². The van der Waals surface area contributed by atoms with Gasteiger partial charge in [0.25, 0.3) is 5.56 Å². The van der Waals surface area contributed by atoms with E-state index in [2.05, 4.69) is 17.2 Å². The first-order valence-electron chi connectivity index (χ1n) is 8.87. The van der Waals surface area contributed by atoms with Gasteiger partial charge in [-0.1, -0.05) is 24.8 Å². The molecular weight excluding hydrogens is 398 g/mol. The van der Waals surface area contributed by atoms with Crippen LogP contribution < -0.4 is 15.6 Å². The highest BCUT2D eigenvalue weighted by atomic mass is 32.2. The van der Waals surface area contributed by atoms with Crippen LogP contribution in [-0.2, 0) is 22.5 Å². The topological polar surface area (TPSA) is 82.4 Å². The quantitative estimate of drug-likeness (QED) is 0.518. The van der Waals surface area contributed by atoms with Gasteiger partial charge in [0.1, 0.15) is 5.75 Å². The van der Waals surface area contributed by atoms with Crippen molar-refractivity contribution in [2.45, 2.75) is 35.2 Å². The summed E-state index contributed by atoms with van der Waals surface area (Å²) in [5.41, 5.74) is 1.44. The molecule has 1 aromatic carbocycles. The summed E-state index contributed by atoms with van der Waals surface area (Å²) in [6.45, 7) is 2.90. The van der Waals surface area contributed by atoms with Crippen LogP contribution in [0.15, 0.2) is 39.1 Å². The van der Waals surface area contributed by atoms with E-state index >= 15 is 0 Å². The number of hydrogen-bond donors (Lipinski definition) is 1. The summed E-state index contributed by atoms with van der Waals surface area (Å²) in [5.74, 6) is 0.651. The lowest BCUT2D eigenvalue weighted by Gasteiger charge is -2.13. The smallest absolute Gasteiger partial charge is 0.268 e. The molecule has 28 heavy (non-hydrogen) atoms. The Labute approximate surface area is 172 Å². The fourth-order valence-electron chi connectivity index (χ4n) is 2.85. The van der Waals surface area contributed by atoms with Gasteiger partial charge in [-0.25, -0.2) is 4.98 Å². The Morgan fingerprint density at radius 1 is 1.43 bits per heavy atom. The standard InChI is InChI=1S/C19H23N3O4S2/c1-12-9-15-17(28-12)18(24)22(7-8-25-2)19(21-15)27-11-16(23)20-13-5-4-6-14(10-13)26-3/h4-6,10,12H,7-9,11H2,1-3H3,(H,20,23). The van der Waals surface area contributed by atoms with Crippen LogP contribution in [0.25, 0.3) is 0 Å². The van der Waals surface area contributed by atoms with Crippen molar-refractivity contribution < 1.29 is 14.3 Å². The second-order valence-electron chi connectivity index (χ2n) is 6.32. The summed E-state index contributed by atoms with van der Waals surface area (Å²) in [6, 6.07) is 7.17. The number of aromatic nitrogens is 2. The van der Waals surface area contributed by atoms with Gasteiger partial charge in [-0.3, -0.25) is 14.2 Å². The monoisotopic (exact) mass is 421 g/mol. The average molecular weight is 422 g/mol. The highest BCUT2D eigenvalue weighted by Gasteiger charge is 2.26. The molecule has 0 aliphatic carbocycles. The number of carbonyl (C=O) groups excluding carboxylic acids is 1. The molecule has 1 atom stereocenters. The van der Waals surface area contributed by atoms with Gasteiger partial charge in [0.05, 0.1) is 36.6 Å². The third kappa shape index (κ3) is 4.89. The number of hydrogen-bond acceptors (Lipinski definition) is 7. The molecule has 1 N–H and O–H groups in total. The number of nitrogens with one attached hydrogen (secondary N) is 1. The van der Waals surface area contributed by atoms with Gasteiger partial charge in [0.2, 0.25) is 5.91 Å². The Hall–Kier alpha value is -1.97. The fourth-order valence-corrected chi connectivity index (χ4v) is 4.81. The molecule has 1 aliphatic heterocycles. The summed E-state index contributed by atoms with van der Waals surface area (Å²) in [6.07, 6.45) is 0.768. The molecule has 0 bridgehead atoms. The van der Waals surface area contributed by atoms with Crippen LogP contribution in [0.2, 0.25) is 0 Å². The zero-order valence-corrected chi connectivity index (χ0v) is 17.7. The average Bonchev–Trinajstić information content (AvgIpc) is 3.06. The minimum absolute atomic E-state index is 0.0490. The third-order valence-electron chi connectivity index (χ3n) is 4.17. The van der Waals surface area contributed by atoms with E-state index in [9.17, 15) is 9.59 Å². The van der Waals surface area contributed by atoms with Gasteiger partial charge in [0, 0.05) is 30.5 Å². The first-order chi connectivity index (χ1) is 13.5. The molecule has 3 rings (SSSR count). The van der Waals surface area contributed by atoms with Crippen LogP contribution in [-0.4, -0.2) is 47.3 Å². The summed E-state index contributed by atoms with van der Waals surface area (Å²) in [4.78, 5) is 30.6. The van der Waals surface area contributed by atoms with E-state index in [1.807, 2.05) is 12.1 Å². The van der Waals surface area contributed by atoms with Gasteiger partial charge in [-0.15, -0.1) is 11.8 Å². The normalized spacial score (nSPS) is 15.3. The lowest BCUT2D eigenvalue weighted by atomic mass is 10.2. The van der Waals surface area contributed by atoms with Crippen molar-refractivity contribution in [1.29, 1.82) is 0 Å². The summed E-state index contributed by atoms with van der Waals surface area (Å²) in [7, 11) is 3.17. The molecule has 1 aliphatic rings. The maximum atomic E-state index is 12.9. The van der Waals surface area contributed by atoms with Crippen molar-refractivity contribution in [3.8, 4) is 5.75 Å². The molecule has 1 unspecified atom stereocenters. The third-order valence-corrected chi connectivity index (χ3v) is 6.36. The van der Waals surface area contributed by atoms with Gasteiger partial charge in [-0.05, 0) is 12.1 Å². The molecule has 2 heterocycles. The molecule has 9 heteroatoms. The zero-order valence-electron chi connectivity index (χ0n) is 16.1. The molecule has 1 aromatic heterocycles. The number of fused-ring (bicyclic) bond motifs is 1. The Balaban J connectivity index is 1.74. The Kier molecular flexibility index (Phi) is 7.03. The molecular formula is C19H23N3O4S2. The first-order valence-corrected chi connectivity index (χ1v) is 10.7. The summed E-state index contributed by atoms with van der Waals surface area (Å²) in [5, 5.41) is 3.73. The molecule has 1 amide bonds. The number of carbonyl (C=O) groups is 1. The SMILES string of the molecule is COCCn1c(SCC(=O)Nc2cccc(OC)c2)nc2c(c1=O)SC(C)C2. The largest absolute Gasteiger partial charge is 0.497 e. The maximum Gasteiger partial charge on any atom is 0.268 e. The van der Waals surface area contributed by atoms with Gasteiger partial charge >= 0.3 is 0 Å². The molecule has 150 valence electrons.